The zero-order valence-electron chi connectivity index (χ0n) is 13.1. The molecule has 0 N–H and O–H groups in total. The van der Waals surface area contributed by atoms with Crippen molar-refractivity contribution in [1.29, 1.82) is 0 Å². The third kappa shape index (κ3) is 1.90. The van der Waals surface area contributed by atoms with Gasteiger partial charge in [0.2, 0.25) is 0 Å². The first-order valence-corrected chi connectivity index (χ1v) is 7.43. The Kier molecular flexibility index (Phi) is 3.35. The molecular formula is C18H20O4. The lowest BCUT2D eigenvalue weighted by molar-refractivity contribution is -0.171. The van der Waals surface area contributed by atoms with Crippen molar-refractivity contribution in [2.75, 3.05) is 14.2 Å². The summed E-state index contributed by atoms with van der Waals surface area (Å²) >= 11 is 0. The molecule has 1 aromatic carbocycles. The molecule has 1 unspecified atom stereocenters. The minimum atomic E-state index is -1.27. The smallest absolute Gasteiger partial charge is 0.323 e. The van der Waals surface area contributed by atoms with Gasteiger partial charge in [-0.15, -0.1) is 0 Å². The lowest BCUT2D eigenvalue weighted by Crippen LogP contribution is -2.46. The van der Waals surface area contributed by atoms with E-state index < -0.39 is 17.4 Å². The monoisotopic (exact) mass is 300 g/mol. The van der Waals surface area contributed by atoms with E-state index in [0.29, 0.717) is 12.8 Å². The van der Waals surface area contributed by atoms with Gasteiger partial charge in [0.15, 0.2) is 5.41 Å². The standard InChI is InChI=1S/C18H20O4/c1-17-9-8-14(17)13-7-5-4-6-12(13)10-18(11-17,15(19)21-2)16(20)22-3/h4-8H,9-11H2,1-3H3. The van der Waals surface area contributed by atoms with Crippen molar-refractivity contribution in [3.05, 3.63) is 41.5 Å². The Labute approximate surface area is 130 Å². The molecule has 0 radical (unpaired) electrons. The molecule has 0 fully saturated rings. The van der Waals surface area contributed by atoms with Crippen LogP contribution in [0.3, 0.4) is 0 Å². The SMILES string of the molecule is COC(=O)C1(C(=O)OC)Cc2ccccc2C2=CCC2(C)C1. The van der Waals surface area contributed by atoms with Crippen molar-refractivity contribution in [2.24, 2.45) is 10.8 Å². The number of benzene rings is 1. The largest absolute Gasteiger partial charge is 0.468 e. The van der Waals surface area contributed by atoms with E-state index in [1.54, 1.807) is 0 Å². The van der Waals surface area contributed by atoms with Gasteiger partial charge in [-0.05, 0) is 41.4 Å². The predicted molar refractivity (Wildman–Crippen MR) is 81.9 cm³/mol. The Morgan fingerprint density at radius 2 is 1.73 bits per heavy atom. The third-order valence-electron chi connectivity index (χ3n) is 5.05. The first kappa shape index (κ1) is 14.8. The fraction of sp³-hybridized carbons (Fsp3) is 0.444. The van der Waals surface area contributed by atoms with Crippen molar-refractivity contribution in [3.8, 4) is 0 Å². The van der Waals surface area contributed by atoms with Gasteiger partial charge in [0.1, 0.15) is 0 Å². The average Bonchev–Trinajstić information content (AvgIpc) is 2.59. The predicted octanol–water partition coefficient (Wildman–Crippen LogP) is 2.76. The molecule has 0 bridgehead atoms. The molecule has 2 aliphatic rings. The highest BCUT2D eigenvalue weighted by Gasteiger charge is 2.56. The lowest BCUT2D eigenvalue weighted by atomic mass is 9.61. The van der Waals surface area contributed by atoms with Crippen molar-refractivity contribution in [1.82, 2.24) is 0 Å². The second-order valence-electron chi connectivity index (χ2n) is 6.46. The highest BCUT2D eigenvalue weighted by molar-refractivity contribution is 6.01. The molecule has 22 heavy (non-hydrogen) atoms. The number of esters is 2. The maximum absolute atomic E-state index is 12.5. The third-order valence-corrected chi connectivity index (χ3v) is 5.05. The highest BCUT2D eigenvalue weighted by Crippen LogP contribution is 2.57. The Hall–Kier alpha value is -2.10. The number of methoxy groups -OCH3 is 2. The van der Waals surface area contributed by atoms with Crippen molar-refractivity contribution in [2.45, 2.75) is 26.2 Å². The van der Waals surface area contributed by atoms with Gasteiger partial charge in [0.05, 0.1) is 14.2 Å². The first-order valence-electron chi connectivity index (χ1n) is 7.43. The van der Waals surface area contributed by atoms with Crippen LogP contribution in [-0.2, 0) is 25.5 Å². The zero-order chi connectivity index (χ0) is 16.0. The van der Waals surface area contributed by atoms with Crippen molar-refractivity contribution in [3.63, 3.8) is 0 Å². The quantitative estimate of drug-likeness (QED) is 0.622. The van der Waals surface area contributed by atoms with Crippen molar-refractivity contribution >= 4 is 17.5 Å². The Morgan fingerprint density at radius 3 is 2.27 bits per heavy atom. The van der Waals surface area contributed by atoms with Crippen LogP contribution < -0.4 is 0 Å². The summed E-state index contributed by atoms with van der Waals surface area (Å²) in [5, 5.41) is 0. The summed E-state index contributed by atoms with van der Waals surface area (Å²) < 4.78 is 9.96. The van der Waals surface area contributed by atoms with Crippen LogP contribution in [0.25, 0.3) is 5.57 Å². The summed E-state index contributed by atoms with van der Waals surface area (Å²) in [5.41, 5.74) is 1.87. The molecule has 0 spiro atoms. The summed E-state index contributed by atoms with van der Waals surface area (Å²) in [7, 11) is 2.65. The number of carbonyl (C=O) groups excluding carboxylic acids is 2. The van der Waals surface area contributed by atoms with Crippen LogP contribution in [-0.4, -0.2) is 26.2 Å². The number of hydrogen-bond donors (Lipinski definition) is 0. The van der Waals surface area contributed by atoms with Gasteiger partial charge >= 0.3 is 11.9 Å². The molecule has 0 aliphatic heterocycles. The Bertz CT molecular complexity index is 657. The molecule has 0 aromatic heterocycles. The van der Waals surface area contributed by atoms with Crippen LogP contribution in [0.2, 0.25) is 0 Å². The topological polar surface area (TPSA) is 52.6 Å². The normalized spacial score (nSPS) is 24.8. The van der Waals surface area contributed by atoms with E-state index in [0.717, 1.165) is 17.5 Å². The fourth-order valence-electron chi connectivity index (χ4n) is 3.91. The molecule has 0 heterocycles. The van der Waals surface area contributed by atoms with E-state index in [-0.39, 0.29) is 5.41 Å². The van der Waals surface area contributed by atoms with Crippen LogP contribution in [0.15, 0.2) is 30.3 Å². The van der Waals surface area contributed by atoms with E-state index in [2.05, 4.69) is 19.1 Å². The first-order chi connectivity index (χ1) is 10.5. The molecule has 0 saturated heterocycles. The number of ether oxygens (including phenoxy) is 2. The number of hydrogen-bond acceptors (Lipinski definition) is 4. The second-order valence-corrected chi connectivity index (χ2v) is 6.46. The van der Waals surface area contributed by atoms with Crippen LogP contribution >= 0.6 is 0 Å². The molecule has 4 nitrogen and oxygen atoms in total. The van der Waals surface area contributed by atoms with E-state index in [1.165, 1.54) is 19.8 Å². The van der Waals surface area contributed by atoms with Gasteiger partial charge in [-0.2, -0.15) is 0 Å². The molecular weight excluding hydrogens is 280 g/mol. The van der Waals surface area contributed by atoms with E-state index in [1.807, 2.05) is 18.2 Å². The van der Waals surface area contributed by atoms with Crippen LogP contribution in [0.4, 0.5) is 0 Å². The van der Waals surface area contributed by atoms with Gasteiger partial charge in [-0.25, -0.2) is 0 Å². The molecule has 1 atom stereocenters. The lowest BCUT2D eigenvalue weighted by Gasteiger charge is -2.42. The van der Waals surface area contributed by atoms with Crippen LogP contribution in [0, 0.1) is 10.8 Å². The molecule has 116 valence electrons. The van der Waals surface area contributed by atoms with Gasteiger partial charge in [-0.1, -0.05) is 37.3 Å². The summed E-state index contributed by atoms with van der Waals surface area (Å²) in [6.07, 6.45) is 3.77. The van der Waals surface area contributed by atoms with Gasteiger partial charge in [0.25, 0.3) is 0 Å². The van der Waals surface area contributed by atoms with Crippen molar-refractivity contribution < 1.29 is 19.1 Å². The maximum Gasteiger partial charge on any atom is 0.323 e. The molecule has 3 rings (SSSR count). The summed E-state index contributed by atoms with van der Waals surface area (Å²) in [5.74, 6) is -1.02. The highest BCUT2D eigenvalue weighted by atomic mass is 16.5. The minimum Gasteiger partial charge on any atom is -0.468 e. The van der Waals surface area contributed by atoms with Gasteiger partial charge in [0, 0.05) is 0 Å². The Morgan fingerprint density at radius 1 is 1.09 bits per heavy atom. The zero-order valence-corrected chi connectivity index (χ0v) is 13.1. The molecule has 0 amide bonds. The minimum absolute atomic E-state index is 0.199. The number of carbonyl (C=O) groups is 2. The summed E-state index contributed by atoms with van der Waals surface area (Å²) in [6, 6.07) is 7.95. The fourth-order valence-corrected chi connectivity index (χ4v) is 3.91. The second kappa shape index (κ2) is 4.97. The summed E-state index contributed by atoms with van der Waals surface area (Å²) in [6.45, 7) is 2.10. The van der Waals surface area contributed by atoms with E-state index in [4.69, 9.17) is 9.47 Å². The molecule has 1 aromatic rings. The average molecular weight is 300 g/mol. The van der Waals surface area contributed by atoms with Crippen LogP contribution in [0.1, 0.15) is 30.9 Å². The summed E-state index contributed by atoms with van der Waals surface area (Å²) in [4.78, 5) is 25.1. The Balaban J connectivity index is 2.20. The van der Waals surface area contributed by atoms with Crippen LogP contribution in [0.5, 0.6) is 0 Å². The van der Waals surface area contributed by atoms with E-state index in [9.17, 15) is 9.59 Å². The molecule has 0 saturated carbocycles. The maximum atomic E-state index is 12.5. The number of fused-ring (bicyclic) bond motifs is 3. The molecule has 2 aliphatic carbocycles. The van der Waals surface area contributed by atoms with E-state index >= 15 is 0 Å². The van der Waals surface area contributed by atoms with Gasteiger partial charge < -0.3 is 9.47 Å². The number of allylic oxidation sites excluding steroid dienone is 2. The molecule has 4 heteroatoms. The number of rotatable bonds is 2. The van der Waals surface area contributed by atoms with Gasteiger partial charge in [-0.3, -0.25) is 9.59 Å².